The number of benzene rings is 1. The van der Waals surface area contributed by atoms with E-state index in [9.17, 15) is 9.59 Å². The summed E-state index contributed by atoms with van der Waals surface area (Å²) in [5.74, 6) is -0.187. The molecule has 1 saturated heterocycles. The maximum Gasteiger partial charge on any atom is 0.410 e. The Labute approximate surface area is 178 Å². The zero-order valence-corrected chi connectivity index (χ0v) is 18.5. The first-order chi connectivity index (χ1) is 14.2. The van der Waals surface area contributed by atoms with Gasteiger partial charge in [-0.2, -0.15) is 0 Å². The molecule has 0 bridgehead atoms. The normalized spacial score (nSPS) is 15.0. The van der Waals surface area contributed by atoms with Crippen molar-refractivity contribution in [3.05, 3.63) is 23.8 Å². The van der Waals surface area contributed by atoms with E-state index in [1.165, 1.54) is 0 Å². The van der Waals surface area contributed by atoms with E-state index in [1.54, 1.807) is 24.1 Å². The van der Waals surface area contributed by atoms with Crippen molar-refractivity contribution in [2.45, 2.75) is 26.4 Å². The molecule has 0 atom stereocenters. The molecule has 1 aliphatic heterocycles. The number of methoxy groups -OCH3 is 1. The van der Waals surface area contributed by atoms with Gasteiger partial charge in [0, 0.05) is 64.3 Å². The molecule has 0 aromatic heterocycles. The molecule has 30 heavy (non-hydrogen) atoms. The molecular formula is C21H35N5O4. The highest BCUT2D eigenvalue weighted by Crippen LogP contribution is 2.19. The number of piperazine rings is 1. The number of amides is 2. The fourth-order valence-electron chi connectivity index (χ4n) is 3.09. The second-order valence-corrected chi connectivity index (χ2v) is 8.29. The van der Waals surface area contributed by atoms with Gasteiger partial charge in [0.25, 0.3) is 5.91 Å². The van der Waals surface area contributed by atoms with Crippen molar-refractivity contribution in [1.82, 2.24) is 15.1 Å². The largest absolute Gasteiger partial charge is 0.444 e. The monoisotopic (exact) mass is 421 g/mol. The standard InChI is InChI=1S/C21H35N5O4/c1-21(2,3)30-20(28)26-12-10-25(11-13-26)9-7-23-18-6-5-16(22)15-17(18)19(27)24-8-14-29-4/h5-6,15,23H,7-14,22H2,1-4H3,(H,24,27). The third kappa shape index (κ3) is 7.72. The number of nitrogens with zero attached hydrogens (tertiary/aromatic N) is 2. The fraction of sp³-hybridized carbons (Fsp3) is 0.619. The minimum atomic E-state index is -0.481. The highest BCUT2D eigenvalue weighted by molar-refractivity contribution is 6.00. The van der Waals surface area contributed by atoms with Crippen LogP contribution < -0.4 is 16.4 Å². The average molecular weight is 422 g/mol. The molecule has 1 fully saturated rings. The van der Waals surface area contributed by atoms with Crippen LogP contribution >= 0.6 is 0 Å². The van der Waals surface area contributed by atoms with E-state index in [0.29, 0.717) is 44.0 Å². The first-order valence-electron chi connectivity index (χ1n) is 10.3. The van der Waals surface area contributed by atoms with Gasteiger partial charge < -0.3 is 30.7 Å². The molecule has 1 aromatic carbocycles. The molecule has 4 N–H and O–H groups in total. The fourth-order valence-corrected chi connectivity index (χ4v) is 3.09. The maximum atomic E-state index is 12.4. The smallest absolute Gasteiger partial charge is 0.410 e. The van der Waals surface area contributed by atoms with Gasteiger partial charge in [0.15, 0.2) is 0 Å². The van der Waals surface area contributed by atoms with Crippen LogP contribution in [0.25, 0.3) is 0 Å². The van der Waals surface area contributed by atoms with Gasteiger partial charge in [-0.15, -0.1) is 0 Å². The summed E-state index contributed by atoms with van der Waals surface area (Å²) >= 11 is 0. The number of nitrogen functional groups attached to an aromatic ring is 1. The lowest BCUT2D eigenvalue weighted by molar-refractivity contribution is 0.0148. The van der Waals surface area contributed by atoms with Crippen LogP contribution in [0.15, 0.2) is 18.2 Å². The van der Waals surface area contributed by atoms with E-state index in [4.69, 9.17) is 15.2 Å². The Morgan fingerprint density at radius 1 is 1.13 bits per heavy atom. The summed E-state index contributed by atoms with van der Waals surface area (Å²) in [5.41, 5.74) is 7.17. The maximum absolute atomic E-state index is 12.4. The van der Waals surface area contributed by atoms with Crippen LogP contribution in [0.2, 0.25) is 0 Å². The number of hydrogen-bond acceptors (Lipinski definition) is 7. The number of nitrogens with one attached hydrogen (secondary N) is 2. The molecule has 1 heterocycles. The summed E-state index contributed by atoms with van der Waals surface area (Å²) in [6.45, 7) is 10.8. The Hall–Kier alpha value is -2.52. The zero-order valence-electron chi connectivity index (χ0n) is 18.5. The number of rotatable bonds is 8. The molecule has 1 aromatic rings. The van der Waals surface area contributed by atoms with Crippen LogP contribution in [0, 0.1) is 0 Å². The lowest BCUT2D eigenvalue weighted by atomic mass is 10.1. The molecule has 2 rings (SSSR count). The quantitative estimate of drug-likeness (QED) is 0.432. The molecule has 168 valence electrons. The molecule has 0 radical (unpaired) electrons. The predicted molar refractivity (Wildman–Crippen MR) is 118 cm³/mol. The van der Waals surface area contributed by atoms with Gasteiger partial charge in [-0.1, -0.05) is 0 Å². The van der Waals surface area contributed by atoms with Crippen LogP contribution in [0.1, 0.15) is 31.1 Å². The third-order valence-corrected chi connectivity index (χ3v) is 4.65. The summed E-state index contributed by atoms with van der Waals surface area (Å²) in [7, 11) is 1.59. The minimum Gasteiger partial charge on any atom is -0.444 e. The predicted octanol–water partition coefficient (Wildman–Crippen LogP) is 1.61. The molecule has 9 heteroatoms. The topological polar surface area (TPSA) is 109 Å². The van der Waals surface area contributed by atoms with Crippen molar-refractivity contribution < 1.29 is 19.1 Å². The average Bonchev–Trinajstić information content (AvgIpc) is 2.68. The van der Waals surface area contributed by atoms with Gasteiger partial charge in [0.1, 0.15) is 5.60 Å². The lowest BCUT2D eigenvalue weighted by Crippen LogP contribution is -2.50. The van der Waals surface area contributed by atoms with Crippen LogP contribution in [0.5, 0.6) is 0 Å². The summed E-state index contributed by atoms with van der Waals surface area (Å²) in [4.78, 5) is 28.6. The van der Waals surface area contributed by atoms with E-state index in [1.807, 2.05) is 26.8 Å². The summed E-state index contributed by atoms with van der Waals surface area (Å²) < 4.78 is 10.4. The summed E-state index contributed by atoms with van der Waals surface area (Å²) in [6, 6.07) is 5.26. The molecule has 0 spiro atoms. The first kappa shape index (κ1) is 23.8. The Kier molecular flexibility index (Phi) is 8.73. The second-order valence-electron chi connectivity index (χ2n) is 8.29. The van der Waals surface area contributed by atoms with E-state index < -0.39 is 5.60 Å². The van der Waals surface area contributed by atoms with E-state index in [-0.39, 0.29) is 12.0 Å². The minimum absolute atomic E-state index is 0.187. The van der Waals surface area contributed by atoms with Gasteiger partial charge in [-0.25, -0.2) is 4.79 Å². The second kappa shape index (κ2) is 11.0. The number of carbonyl (C=O) groups excluding carboxylic acids is 2. The van der Waals surface area contributed by atoms with E-state index >= 15 is 0 Å². The summed E-state index contributed by atoms with van der Waals surface area (Å²) in [5, 5.41) is 6.15. The van der Waals surface area contributed by atoms with E-state index in [0.717, 1.165) is 25.3 Å². The summed E-state index contributed by atoms with van der Waals surface area (Å²) in [6.07, 6.45) is -0.258. The van der Waals surface area contributed by atoms with Gasteiger partial charge >= 0.3 is 6.09 Å². The first-order valence-corrected chi connectivity index (χ1v) is 10.3. The van der Waals surface area contributed by atoms with Gasteiger partial charge in [0.2, 0.25) is 0 Å². The van der Waals surface area contributed by atoms with Crippen molar-refractivity contribution >= 4 is 23.4 Å². The van der Waals surface area contributed by atoms with Crippen molar-refractivity contribution in [3.63, 3.8) is 0 Å². The zero-order chi connectivity index (χ0) is 22.1. The van der Waals surface area contributed by atoms with Gasteiger partial charge in [-0.3, -0.25) is 9.69 Å². The molecular weight excluding hydrogens is 386 g/mol. The number of hydrogen-bond donors (Lipinski definition) is 3. The van der Waals surface area contributed by atoms with Crippen molar-refractivity contribution in [2.24, 2.45) is 0 Å². The van der Waals surface area contributed by atoms with Gasteiger partial charge in [0.05, 0.1) is 12.2 Å². The molecule has 0 unspecified atom stereocenters. The molecule has 1 aliphatic rings. The van der Waals surface area contributed by atoms with Crippen LogP contribution in [0.4, 0.5) is 16.2 Å². The van der Waals surface area contributed by atoms with Crippen molar-refractivity contribution in [2.75, 3.05) is 70.6 Å². The Morgan fingerprint density at radius 2 is 1.83 bits per heavy atom. The van der Waals surface area contributed by atoms with Crippen LogP contribution in [-0.4, -0.2) is 86.9 Å². The van der Waals surface area contributed by atoms with Crippen molar-refractivity contribution in [3.8, 4) is 0 Å². The van der Waals surface area contributed by atoms with Gasteiger partial charge in [-0.05, 0) is 39.0 Å². The Bertz CT molecular complexity index is 712. The molecule has 0 aliphatic carbocycles. The van der Waals surface area contributed by atoms with Crippen LogP contribution in [-0.2, 0) is 9.47 Å². The molecule has 9 nitrogen and oxygen atoms in total. The van der Waals surface area contributed by atoms with Crippen molar-refractivity contribution in [1.29, 1.82) is 0 Å². The lowest BCUT2D eigenvalue weighted by Gasteiger charge is -2.35. The van der Waals surface area contributed by atoms with E-state index in [2.05, 4.69) is 15.5 Å². The SMILES string of the molecule is COCCNC(=O)c1cc(N)ccc1NCCN1CCN(C(=O)OC(C)(C)C)CC1. The highest BCUT2D eigenvalue weighted by Gasteiger charge is 2.25. The molecule has 0 saturated carbocycles. The molecule has 2 amide bonds. The number of anilines is 2. The number of carbonyl (C=O) groups is 2. The van der Waals surface area contributed by atoms with Crippen LogP contribution in [0.3, 0.4) is 0 Å². The third-order valence-electron chi connectivity index (χ3n) is 4.65. The number of ether oxygens (including phenoxy) is 2. The highest BCUT2D eigenvalue weighted by atomic mass is 16.6. The Balaban J connectivity index is 1.81. The Morgan fingerprint density at radius 3 is 2.47 bits per heavy atom. The number of nitrogens with two attached hydrogens (primary N) is 1.